The predicted octanol–water partition coefficient (Wildman–Crippen LogP) is 2.56. The van der Waals surface area contributed by atoms with Crippen LogP contribution in [0.15, 0.2) is 16.7 Å². The Morgan fingerprint density at radius 2 is 2.28 bits per heavy atom. The molecule has 1 amide bonds. The van der Waals surface area contributed by atoms with Crippen LogP contribution in [0.25, 0.3) is 0 Å². The highest BCUT2D eigenvalue weighted by Gasteiger charge is 2.37. The summed E-state index contributed by atoms with van der Waals surface area (Å²) in [6, 6.07) is 2.11. The van der Waals surface area contributed by atoms with Gasteiger partial charge in [-0.2, -0.15) is 0 Å². The molecule has 5 heteroatoms. The zero-order valence-electron chi connectivity index (χ0n) is 10.2. The number of hydrogen-bond donors (Lipinski definition) is 1. The van der Waals surface area contributed by atoms with Gasteiger partial charge < -0.3 is 14.6 Å². The minimum absolute atomic E-state index is 0.0981. The van der Waals surface area contributed by atoms with Crippen LogP contribution in [0.1, 0.15) is 36.2 Å². The molecule has 3 rings (SSSR count). The topological polar surface area (TPSA) is 45.3 Å². The average molecular weight is 313 g/mol. The quantitative estimate of drug-likeness (QED) is 0.866. The third-order valence-electron chi connectivity index (χ3n) is 3.87. The number of carbonyl (C=O) groups excluding carboxylic acids is 1. The molecule has 4 nitrogen and oxygen atoms in total. The summed E-state index contributed by atoms with van der Waals surface area (Å²) in [5, 5.41) is 0. The molecule has 0 spiro atoms. The van der Waals surface area contributed by atoms with Gasteiger partial charge in [-0.3, -0.25) is 4.79 Å². The molecule has 1 aromatic heterocycles. The number of amides is 1. The van der Waals surface area contributed by atoms with Gasteiger partial charge in [0.25, 0.3) is 5.91 Å². The Kier molecular flexibility index (Phi) is 3.43. The molecule has 1 aromatic rings. The number of hydrogen-bond acceptors (Lipinski definition) is 2. The number of H-pyrrole nitrogens is 1. The van der Waals surface area contributed by atoms with Crippen molar-refractivity contribution in [3.8, 4) is 0 Å². The first-order chi connectivity index (χ1) is 8.75. The highest BCUT2D eigenvalue weighted by atomic mass is 79.9. The number of aromatic amines is 1. The summed E-state index contributed by atoms with van der Waals surface area (Å²) in [5.74, 6) is 0.0981. The number of rotatable bonds is 1. The Morgan fingerprint density at radius 3 is 3.06 bits per heavy atom. The molecule has 0 radical (unpaired) electrons. The second-order valence-corrected chi connectivity index (χ2v) is 5.91. The fourth-order valence-corrected chi connectivity index (χ4v) is 3.34. The predicted molar refractivity (Wildman–Crippen MR) is 71.5 cm³/mol. The standard InChI is InChI=1S/C13H17BrN2O2/c14-9-7-10(15-8-9)13(17)16-5-6-18-12-4-2-1-3-11(12)16/h7-8,11-12,15H,1-6H2. The van der Waals surface area contributed by atoms with Crippen LogP contribution >= 0.6 is 15.9 Å². The molecule has 2 aliphatic rings. The largest absolute Gasteiger partial charge is 0.374 e. The Balaban J connectivity index is 1.79. The van der Waals surface area contributed by atoms with Gasteiger partial charge in [-0.15, -0.1) is 0 Å². The fraction of sp³-hybridized carbons (Fsp3) is 0.615. The van der Waals surface area contributed by atoms with Crippen molar-refractivity contribution in [2.45, 2.75) is 37.8 Å². The summed E-state index contributed by atoms with van der Waals surface area (Å²) in [6.07, 6.45) is 6.61. The maximum atomic E-state index is 12.5. The van der Waals surface area contributed by atoms with E-state index in [0.29, 0.717) is 18.8 Å². The van der Waals surface area contributed by atoms with E-state index in [1.54, 1.807) is 6.20 Å². The molecule has 2 unspecified atom stereocenters. The van der Waals surface area contributed by atoms with Gasteiger partial charge in [0.15, 0.2) is 0 Å². The molecule has 0 bridgehead atoms. The smallest absolute Gasteiger partial charge is 0.270 e. The maximum Gasteiger partial charge on any atom is 0.270 e. The van der Waals surface area contributed by atoms with Crippen molar-refractivity contribution in [1.29, 1.82) is 0 Å². The number of aromatic nitrogens is 1. The van der Waals surface area contributed by atoms with E-state index in [9.17, 15) is 4.79 Å². The van der Waals surface area contributed by atoms with Crippen molar-refractivity contribution in [2.24, 2.45) is 0 Å². The summed E-state index contributed by atoms with van der Waals surface area (Å²) in [5.41, 5.74) is 0.660. The Hall–Kier alpha value is -0.810. The number of fused-ring (bicyclic) bond motifs is 1. The second-order valence-electron chi connectivity index (χ2n) is 4.99. The van der Waals surface area contributed by atoms with Crippen LogP contribution in [0, 0.1) is 0 Å². The van der Waals surface area contributed by atoms with Crippen LogP contribution in [0.5, 0.6) is 0 Å². The molecule has 1 N–H and O–H groups in total. The number of ether oxygens (including phenoxy) is 1. The second kappa shape index (κ2) is 5.05. The van der Waals surface area contributed by atoms with E-state index >= 15 is 0 Å². The van der Waals surface area contributed by atoms with Gasteiger partial charge >= 0.3 is 0 Å². The van der Waals surface area contributed by atoms with Crippen molar-refractivity contribution in [3.63, 3.8) is 0 Å². The first-order valence-corrected chi connectivity index (χ1v) is 7.31. The lowest BCUT2D eigenvalue weighted by molar-refractivity contribution is -0.0754. The number of morpholine rings is 1. The molecular formula is C13H17BrN2O2. The summed E-state index contributed by atoms with van der Waals surface area (Å²) in [4.78, 5) is 17.5. The van der Waals surface area contributed by atoms with Crippen molar-refractivity contribution in [3.05, 3.63) is 22.4 Å². The number of halogens is 1. The normalized spacial score (nSPS) is 27.9. The zero-order chi connectivity index (χ0) is 12.5. The summed E-state index contributed by atoms with van der Waals surface area (Å²) >= 11 is 3.37. The summed E-state index contributed by atoms with van der Waals surface area (Å²) < 4.78 is 6.71. The van der Waals surface area contributed by atoms with Gasteiger partial charge in [-0.05, 0) is 34.8 Å². The van der Waals surface area contributed by atoms with Crippen LogP contribution in [0.2, 0.25) is 0 Å². The Labute approximate surface area is 115 Å². The number of carbonyl (C=O) groups is 1. The third-order valence-corrected chi connectivity index (χ3v) is 4.33. The van der Waals surface area contributed by atoms with E-state index < -0.39 is 0 Å². The van der Waals surface area contributed by atoms with E-state index in [1.165, 1.54) is 12.8 Å². The molecule has 98 valence electrons. The van der Waals surface area contributed by atoms with E-state index in [1.807, 2.05) is 11.0 Å². The maximum absolute atomic E-state index is 12.5. The molecule has 18 heavy (non-hydrogen) atoms. The lowest BCUT2D eigenvalue weighted by Crippen LogP contribution is -2.54. The molecular weight excluding hydrogens is 296 g/mol. The number of nitrogens with one attached hydrogen (secondary N) is 1. The van der Waals surface area contributed by atoms with Gasteiger partial charge in [-0.25, -0.2) is 0 Å². The highest BCUT2D eigenvalue weighted by Crippen LogP contribution is 2.29. The molecule has 2 heterocycles. The van der Waals surface area contributed by atoms with Crippen LogP contribution in [0.3, 0.4) is 0 Å². The van der Waals surface area contributed by atoms with Gasteiger partial charge in [0.1, 0.15) is 5.69 Å². The first kappa shape index (κ1) is 12.2. The highest BCUT2D eigenvalue weighted by molar-refractivity contribution is 9.10. The van der Waals surface area contributed by atoms with Crippen molar-refractivity contribution >= 4 is 21.8 Å². The molecule has 2 atom stereocenters. The molecule has 0 aromatic carbocycles. The van der Waals surface area contributed by atoms with Gasteiger partial charge in [0.05, 0.1) is 18.8 Å². The molecule has 2 fully saturated rings. The van der Waals surface area contributed by atoms with Crippen LogP contribution in [-0.4, -0.2) is 41.1 Å². The minimum Gasteiger partial charge on any atom is -0.374 e. The van der Waals surface area contributed by atoms with E-state index in [0.717, 1.165) is 17.3 Å². The Bertz CT molecular complexity index is 444. The number of nitrogens with zero attached hydrogens (tertiary/aromatic N) is 1. The zero-order valence-corrected chi connectivity index (χ0v) is 11.8. The van der Waals surface area contributed by atoms with Crippen molar-refractivity contribution in [2.75, 3.05) is 13.2 Å². The van der Waals surface area contributed by atoms with E-state index in [2.05, 4.69) is 20.9 Å². The fourth-order valence-electron chi connectivity index (χ4n) is 2.99. The van der Waals surface area contributed by atoms with E-state index in [4.69, 9.17) is 4.74 Å². The molecule has 1 aliphatic heterocycles. The SMILES string of the molecule is O=C(c1cc(Br)c[nH]1)N1CCOC2CCCCC21. The lowest BCUT2D eigenvalue weighted by Gasteiger charge is -2.43. The van der Waals surface area contributed by atoms with Crippen LogP contribution in [-0.2, 0) is 4.74 Å². The lowest BCUT2D eigenvalue weighted by atomic mass is 9.90. The van der Waals surface area contributed by atoms with Gasteiger partial charge in [0.2, 0.25) is 0 Å². The first-order valence-electron chi connectivity index (χ1n) is 6.52. The van der Waals surface area contributed by atoms with Crippen molar-refractivity contribution in [1.82, 2.24) is 9.88 Å². The monoisotopic (exact) mass is 312 g/mol. The Morgan fingerprint density at radius 1 is 1.44 bits per heavy atom. The summed E-state index contributed by atoms with van der Waals surface area (Å²) in [7, 11) is 0. The minimum atomic E-state index is 0.0981. The molecule has 1 saturated heterocycles. The molecule has 1 saturated carbocycles. The third kappa shape index (κ3) is 2.21. The van der Waals surface area contributed by atoms with Crippen LogP contribution < -0.4 is 0 Å². The van der Waals surface area contributed by atoms with Gasteiger partial charge in [-0.1, -0.05) is 12.8 Å². The van der Waals surface area contributed by atoms with Crippen LogP contribution in [0.4, 0.5) is 0 Å². The molecule has 1 aliphatic carbocycles. The van der Waals surface area contributed by atoms with E-state index in [-0.39, 0.29) is 18.1 Å². The van der Waals surface area contributed by atoms with Gasteiger partial charge in [0, 0.05) is 17.2 Å². The van der Waals surface area contributed by atoms with Crippen molar-refractivity contribution < 1.29 is 9.53 Å². The average Bonchev–Trinajstić information content (AvgIpc) is 2.84. The summed E-state index contributed by atoms with van der Waals surface area (Å²) in [6.45, 7) is 1.37.